The van der Waals surface area contributed by atoms with Gasteiger partial charge in [-0.15, -0.1) is 5.10 Å². The Labute approximate surface area is 155 Å². The van der Waals surface area contributed by atoms with Crippen molar-refractivity contribution in [1.29, 1.82) is 0 Å². The summed E-state index contributed by atoms with van der Waals surface area (Å²) in [7, 11) is 1.61. The highest BCUT2D eigenvalue weighted by molar-refractivity contribution is 5.93. The number of nitrogens with zero attached hydrogens (tertiary/aromatic N) is 4. The van der Waals surface area contributed by atoms with E-state index >= 15 is 0 Å². The van der Waals surface area contributed by atoms with Crippen LogP contribution in [-0.2, 0) is 4.79 Å². The van der Waals surface area contributed by atoms with Crippen LogP contribution in [0.5, 0.6) is 5.75 Å². The number of primary amides is 1. The van der Waals surface area contributed by atoms with Gasteiger partial charge in [0.1, 0.15) is 11.8 Å². The minimum Gasteiger partial charge on any atom is -0.497 e. The van der Waals surface area contributed by atoms with Gasteiger partial charge in [-0.2, -0.15) is 4.52 Å². The number of nitrogens with two attached hydrogens (primary N) is 1. The molecule has 0 aliphatic heterocycles. The van der Waals surface area contributed by atoms with Crippen molar-refractivity contribution >= 4 is 28.4 Å². The zero-order valence-electron chi connectivity index (χ0n) is 14.9. The Morgan fingerprint density at radius 1 is 1.19 bits per heavy atom. The van der Waals surface area contributed by atoms with Crippen LogP contribution < -0.4 is 15.8 Å². The van der Waals surface area contributed by atoms with E-state index in [2.05, 4.69) is 15.4 Å². The molecular weight excluding hydrogens is 344 g/mol. The Morgan fingerprint density at radius 2 is 2.00 bits per heavy atom. The van der Waals surface area contributed by atoms with Crippen LogP contribution in [0.1, 0.15) is 6.92 Å². The molecule has 0 spiro atoms. The van der Waals surface area contributed by atoms with Crippen molar-refractivity contribution in [2.45, 2.75) is 13.0 Å². The molecule has 8 heteroatoms. The minimum atomic E-state index is -0.605. The SMILES string of the molecule is COc1cccc(-c2nc3c4ccccc4nc(N[C@@H](C)C(N)=O)n3n2)c1. The van der Waals surface area contributed by atoms with Gasteiger partial charge in [-0.1, -0.05) is 24.3 Å². The van der Waals surface area contributed by atoms with E-state index in [4.69, 9.17) is 15.5 Å². The lowest BCUT2D eigenvalue weighted by Crippen LogP contribution is -2.33. The number of hydrogen-bond donors (Lipinski definition) is 2. The molecular formula is C19H18N6O2. The molecule has 0 aliphatic rings. The highest BCUT2D eigenvalue weighted by atomic mass is 16.5. The molecule has 1 atom stereocenters. The summed E-state index contributed by atoms with van der Waals surface area (Å²) in [5, 5.41) is 8.47. The van der Waals surface area contributed by atoms with Crippen LogP contribution >= 0.6 is 0 Å². The third-order valence-corrected chi connectivity index (χ3v) is 4.28. The van der Waals surface area contributed by atoms with Crippen LogP contribution in [0.4, 0.5) is 5.95 Å². The van der Waals surface area contributed by atoms with E-state index in [1.54, 1.807) is 18.5 Å². The summed E-state index contributed by atoms with van der Waals surface area (Å²) in [6, 6.07) is 14.5. The first kappa shape index (κ1) is 16.8. The molecule has 3 N–H and O–H groups in total. The predicted molar refractivity (Wildman–Crippen MR) is 103 cm³/mol. The minimum absolute atomic E-state index is 0.400. The van der Waals surface area contributed by atoms with Gasteiger partial charge in [-0.3, -0.25) is 4.79 Å². The predicted octanol–water partition coefficient (Wildman–Crippen LogP) is 2.24. The number of fused-ring (bicyclic) bond motifs is 3. The molecule has 0 saturated carbocycles. The second kappa shape index (κ2) is 6.56. The standard InChI is InChI=1S/C19H18N6O2/c1-11(16(20)26)21-19-22-15-9-4-3-8-14(15)18-23-17(24-25(18)19)12-6-5-7-13(10-12)27-2/h3-11H,1-2H3,(H2,20,26)(H,21,22)/t11-/m0/s1. The van der Waals surface area contributed by atoms with Crippen LogP contribution in [0.25, 0.3) is 27.9 Å². The Hall–Kier alpha value is -3.68. The topological polar surface area (TPSA) is 107 Å². The average Bonchev–Trinajstić information content (AvgIpc) is 3.14. The summed E-state index contributed by atoms with van der Waals surface area (Å²) >= 11 is 0. The maximum Gasteiger partial charge on any atom is 0.239 e. The lowest BCUT2D eigenvalue weighted by Gasteiger charge is -2.12. The molecule has 0 radical (unpaired) electrons. The number of nitrogens with one attached hydrogen (secondary N) is 1. The molecule has 27 heavy (non-hydrogen) atoms. The fraction of sp³-hybridized carbons (Fsp3) is 0.158. The molecule has 4 rings (SSSR count). The first-order valence-corrected chi connectivity index (χ1v) is 8.42. The van der Waals surface area contributed by atoms with Crippen LogP contribution in [0.15, 0.2) is 48.5 Å². The summed E-state index contributed by atoms with van der Waals surface area (Å²) in [6.07, 6.45) is 0. The van der Waals surface area contributed by atoms with E-state index in [-0.39, 0.29) is 0 Å². The number of para-hydroxylation sites is 1. The summed E-state index contributed by atoms with van der Waals surface area (Å²) in [4.78, 5) is 20.8. The third-order valence-electron chi connectivity index (χ3n) is 4.28. The molecule has 0 fully saturated rings. The van der Waals surface area contributed by atoms with Gasteiger partial charge in [0.2, 0.25) is 11.9 Å². The molecule has 1 amide bonds. The van der Waals surface area contributed by atoms with Gasteiger partial charge in [0, 0.05) is 10.9 Å². The Morgan fingerprint density at radius 3 is 2.78 bits per heavy atom. The first-order chi connectivity index (χ1) is 13.1. The zero-order valence-corrected chi connectivity index (χ0v) is 14.9. The number of anilines is 1. The lowest BCUT2D eigenvalue weighted by atomic mass is 10.2. The van der Waals surface area contributed by atoms with Gasteiger partial charge in [-0.05, 0) is 31.2 Å². The van der Waals surface area contributed by atoms with Crippen LogP contribution in [-0.4, -0.2) is 38.6 Å². The third kappa shape index (κ3) is 3.01. The second-order valence-corrected chi connectivity index (χ2v) is 6.12. The maximum absolute atomic E-state index is 11.5. The summed E-state index contributed by atoms with van der Waals surface area (Å²) in [5.74, 6) is 1.17. The van der Waals surface area contributed by atoms with Crippen LogP contribution in [0.3, 0.4) is 0 Å². The number of aromatic nitrogens is 4. The van der Waals surface area contributed by atoms with Crippen molar-refractivity contribution in [2.24, 2.45) is 5.73 Å². The number of ether oxygens (including phenoxy) is 1. The van der Waals surface area contributed by atoms with E-state index in [1.165, 1.54) is 0 Å². The van der Waals surface area contributed by atoms with Crippen molar-refractivity contribution < 1.29 is 9.53 Å². The molecule has 8 nitrogen and oxygen atoms in total. The van der Waals surface area contributed by atoms with Crippen LogP contribution in [0, 0.1) is 0 Å². The van der Waals surface area contributed by atoms with Crippen molar-refractivity contribution in [3.8, 4) is 17.1 Å². The maximum atomic E-state index is 11.5. The fourth-order valence-corrected chi connectivity index (χ4v) is 2.80. The highest BCUT2D eigenvalue weighted by Crippen LogP contribution is 2.26. The highest BCUT2D eigenvalue weighted by Gasteiger charge is 2.17. The number of methoxy groups -OCH3 is 1. The van der Waals surface area contributed by atoms with Gasteiger partial charge in [-0.25, -0.2) is 9.97 Å². The van der Waals surface area contributed by atoms with Crippen molar-refractivity contribution in [3.05, 3.63) is 48.5 Å². The van der Waals surface area contributed by atoms with Gasteiger partial charge < -0.3 is 15.8 Å². The van der Waals surface area contributed by atoms with Gasteiger partial charge in [0.25, 0.3) is 0 Å². The molecule has 2 heterocycles. The van der Waals surface area contributed by atoms with Gasteiger partial charge >= 0.3 is 0 Å². The molecule has 4 aromatic rings. The molecule has 2 aromatic carbocycles. The molecule has 0 saturated heterocycles. The largest absolute Gasteiger partial charge is 0.497 e. The number of hydrogen-bond acceptors (Lipinski definition) is 6. The molecule has 0 unspecified atom stereocenters. The van der Waals surface area contributed by atoms with Crippen molar-refractivity contribution in [2.75, 3.05) is 12.4 Å². The number of carbonyl (C=O) groups excluding carboxylic acids is 1. The van der Waals surface area contributed by atoms with Gasteiger partial charge in [0.15, 0.2) is 11.5 Å². The zero-order chi connectivity index (χ0) is 19.0. The lowest BCUT2D eigenvalue weighted by molar-refractivity contribution is -0.118. The fourth-order valence-electron chi connectivity index (χ4n) is 2.80. The summed E-state index contributed by atoms with van der Waals surface area (Å²) < 4.78 is 6.88. The smallest absolute Gasteiger partial charge is 0.239 e. The first-order valence-electron chi connectivity index (χ1n) is 8.42. The normalized spacial score (nSPS) is 12.2. The second-order valence-electron chi connectivity index (χ2n) is 6.12. The van der Waals surface area contributed by atoms with E-state index in [0.29, 0.717) is 17.4 Å². The molecule has 0 bridgehead atoms. The van der Waals surface area contributed by atoms with Crippen molar-refractivity contribution in [1.82, 2.24) is 19.6 Å². The van der Waals surface area contributed by atoms with E-state index < -0.39 is 11.9 Å². The number of benzene rings is 2. The van der Waals surface area contributed by atoms with Crippen molar-refractivity contribution in [3.63, 3.8) is 0 Å². The van der Waals surface area contributed by atoms with Gasteiger partial charge in [0.05, 0.1) is 12.6 Å². The summed E-state index contributed by atoms with van der Waals surface area (Å²) in [5.41, 5.74) is 7.58. The Balaban J connectivity index is 1.94. The Kier molecular flexibility index (Phi) is 4.08. The average molecular weight is 362 g/mol. The molecule has 2 aromatic heterocycles. The monoisotopic (exact) mass is 362 g/mol. The van der Waals surface area contributed by atoms with E-state index in [1.807, 2.05) is 48.5 Å². The number of rotatable bonds is 5. The molecule has 136 valence electrons. The summed E-state index contributed by atoms with van der Waals surface area (Å²) in [6.45, 7) is 1.67. The number of amides is 1. The Bertz CT molecular complexity index is 1150. The van der Waals surface area contributed by atoms with E-state index in [0.717, 1.165) is 22.2 Å². The van der Waals surface area contributed by atoms with E-state index in [9.17, 15) is 4.79 Å². The van der Waals surface area contributed by atoms with Crippen LogP contribution in [0.2, 0.25) is 0 Å². The molecule has 0 aliphatic carbocycles. The quantitative estimate of drug-likeness (QED) is 0.564. The number of carbonyl (C=O) groups is 1.